The van der Waals surface area contributed by atoms with E-state index in [1.807, 2.05) is 0 Å². The summed E-state index contributed by atoms with van der Waals surface area (Å²) in [5.74, 6) is 0. The van der Waals surface area contributed by atoms with Crippen LogP contribution in [0, 0.1) is 28.2 Å². The molecule has 0 saturated carbocycles. The molecule has 0 spiro atoms. The summed E-state index contributed by atoms with van der Waals surface area (Å²) in [5, 5.41) is 0. The molecule has 0 amide bonds. The summed E-state index contributed by atoms with van der Waals surface area (Å²) >= 11 is 0. The van der Waals surface area contributed by atoms with Gasteiger partial charge in [-0.15, -0.1) is 0 Å². The topological polar surface area (TPSA) is 0 Å². The first-order valence-electron chi connectivity index (χ1n) is 3.23. The molecule has 0 aliphatic carbocycles. The summed E-state index contributed by atoms with van der Waals surface area (Å²) in [7, 11) is 0. The average molecular weight is 133 g/mol. The van der Waals surface area contributed by atoms with Crippen LogP contribution in [0.2, 0.25) is 0 Å². The van der Waals surface area contributed by atoms with Crippen LogP contribution in [-0.4, -0.2) is 0 Å². The minimum Gasteiger partial charge on any atom is -0.0564 e. The smallest absolute Gasteiger partial charge is 0.0312 e. The van der Waals surface area contributed by atoms with Gasteiger partial charge >= 0.3 is 0 Å². The zero-order chi connectivity index (χ0) is 6.85. The van der Waals surface area contributed by atoms with Crippen molar-refractivity contribution in [2.24, 2.45) is 0 Å². The number of hydrogen-bond donors (Lipinski definition) is 0. The van der Waals surface area contributed by atoms with Gasteiger partial charge in [-0.3, -0.25) is 0 Å². The molecule has 1 aromatic carbocycles. The Morgan fingerprint density at radius 1 is 0.700 bits per heavy atom. The monoisotopic (exact) mass is 133 g/mol. The Labute approximate surface area is 63.9 Å². The van der Waals surface area contributed by atoms with Gasteiger partial charge in [-0.25, -0.2) is 0 Å². The molecule has 3 radical (unpaired) electrons. The van der Waals surface area contributed by atoms with Crippen molar-refractivity contribution in [2.75, 3.05) is 0 Å². The molecule has 0 fully saturated rings. The van der Waals surface area contributed by atoms with E-state index in [9.17, 15) is 0 Å². The standard InChI is InChI=1S/C9H12.CH/c1-7-4-8(2)6-9(3)5-7;/h4-6H,1-3H3;1H. The Balaban J connectivity index is 0.000000810. The van der Waals surface area contributed by atoms with Gasteiger partial charge in [0.05, 0.1) is 0 Å². The lowest BCUT2D eigenvalue weighted by Crippen LogP contribution is -1.78. The second-order valence-electron chi connectivity index (χ2n) is 2.67. The van der Waals surface area contributed by atoms with Gasteiger partial charge in [-0.1, -0.05) is 34.9 Å². The van der Waals surface area contributed by atoms with Crippen molar-refractivity contribution in [1.29, 1.82) is 0 Å². The van der Waals surface area contributed by atoms with Gasteiger partial charge in [0.25, 0.3) is 0 Å². The largest absolute Gasteiger partial charge is 0.0564 e. The first-order chi connectivity index (χ1) is 4.18. The van der Waals surface area contributed by atoms with Crippen LogP contribution in [0.4, 0.5) is 0 Å². The minimum absolute atomic E-state index is 0. The normalized spacial score (nSPS) is 8.70. The van der Waals surface area contributed by atoms with E-state index in [1.54, 1.807) is 0 Å². The lowest BCUT2D eigenvalue weighted by molar-refractivity contribution is 1.32. The lowest BCUT2D eigenvalue weighted by Gasteiger charge is -1.96. The Morgan fingerprint density at radius 2 is 0.900 bits per heavy atom. The zero-order valence-electron chi connectivity index (χ0n) is 6.81. The average Bonchev–Trinajstić information content (AvgIpc) is 1.59. The molecular weight excluding hydrogens is 120 g/mol. The van der Waals surface area contributed by atoms with E-state index in [4.69, 9.17) is 0 Å². The molecular formula is C10H13. The van der Waals surface area contributed by atoms with Crippen molar-refractivity contribution in [3.8, 4) is 0 Å². The summed E-state index contributed by atoms with van der Waals surface area (Å²) in [6.07, 6.45) is 0. The van der Waals surface area contributed by atoms with Crippen LogP contribution >= 0.6 is 0 Å². The molecule has 0 aliphatic heterocycles. The van der Waals surface area contributed by atoms with Crippen molar-refractivity contribution in [2.45, 2.75) is 20.8 Å². The van der Waals surface area contributed by atoms with E-state index in [-0.39, 0.29) is 7.43 Å². The Kier molecular flexibility index (Phi) is 3.14. The van der Waals surface area contributed by atoms with Crippen molar-refractivity contribution in [3.05, 3.63) is 42.3 Å². The molecule has 0 bridgehead atoms. The maximum atomic E-state index is 2.19. The molecule has 0 atom stereocenters. The first-order valence-corrected chi connectivity index (χ1v) is 3.23. The second-order valence-corrected chi connectivity index (χ2v) is 2.67. The number of rotatable bonds is 0. The van der Waals surface area contributed by atoms with Crippen molar-refractivity contribution < 1.29 is 0 Å². The molecule has 0 saturated heterocycles. The van der Waals surface area contributed by atoms with Gasteiger partial charge in [-0.2, -0.15) is 0 Å². The predicted molar refractivity (Wildman–Crippen MR) is 45.0 cm³/mol. The van der Waals surface area contributed by atoms with E-state index in [0.29, 0.717) is 0 Å². The first kappa shape index (κ1) is 9.22. The predicted octanol–water partition coefficient (Wildman–Crippen LogP) is 2.82. The van der Waals surface area contributed by atoms with Crippen molar-refractivity contribution >= 4 is 0 Å². The highest BCUT2D eigenvalue weighted by Crippen LogP contribution is 2.06. The minimum atomic E-state index is 0. The Bertz CT molecular complexity index is 161. The fraction of sp³-hybridized carbons (Fsp3) is 0.300. The van der Waals surface area contributed by atoms with E-state index in [0.717, 1.165) is 0 Å². The highest BCUT2D eigenvalue weighted by atomic mass is 13.9. The van der Waals surface area contributed by atoms with Crippen LogP contribution in [0.15, 0.2) is 18.2 Å². The summed E-state index contributed by atoms with van der Waals surface area (Å²) < 4.78 is 0. The summed E-state index contributed by atoms with van der Waals surface area (Å²) in [5.41, 5.74) is 4.06. The van der Waals surface area contributed by atoms with E-state index < -0.39 is 0 Å². The fourth-order valence-electron chi connectivity index (χ4n) is 1.20. The third kappa shape index (κ3) is 2.22. The molecule has 0 nitrogen and oxygen atoms in total. The molecule has 10 heavy (non-hydrogen) atoms. The molecule has 0 aliphatic rings. The van der Waals surface area contributed by atoms with Gasteiger partial charge in [0.15, 0.2) is 0 Å². The Hall–Kier alpha value is -0.780. The molecule has 0 unspecified atom stereocenters. The van der Waals surface area contributed by atoms with E-state index in [1.165, 1.54) is 16.7 Å². The second kappa shape index (κ2) is 3.40. The highest BCUT2D eigenvalue weighted by Gasteiger charge is 1.87. The summed E-state index contributed by atoms with van der Waals surface area (Å²) in [4.78, 5) is 0. The van der Waals surface area contributed by atoms with E-state index in [2.05, 4.69) is 39.0 Å². The molecule has 0 aromatic heterocycles. The molecule has 0 N–H and O–H groups in total. The van der Waals surface area contributed by atoms with Crippen molar-refractivity contribution in [3.63, 3.8) is 0 Å². The number of aryl methyl sites for hydroxylation is 3. The third-order valence-electron chi connectivity index (χ3n) is 1.37. The van der Waals surface area contributed by atoms with Crippen LogP contribution in [0.1, 0.15) is 16.7 Å². The SMILES string of the molecule is Cc1cc(C)cc(C)c1.[CH]. The maximum Gasteiger partial charge on any atom is -0.0312 e. The molecule has 0 heterocycles. The van der Waals surface area contributed by atoms with Crippen LogP contribution in [-0.2, 0) is 0 Å². The van der Waals surface area contributed by atoms with E-state index >= 15 is 0 Å². The number of hydrogen-bond acceptors (Lipinski definition) is 0. The van der Waals surface area contributed by atoms with Crippen LogP contribution in [0.25, 0.3) is 0 Å². The molecule has 0 heteroatoms. The number of benzene rings is 1. The Morgan fingerprint density at radius 3 is 1.10 bits per heavy atom. The lowest BCUT2D eigenvalue weighted by atomic mass is 10.1. The summed E-state index contributed by atoms with van der Waals surface area (Å²) in [6, 6.07) is 6.56. The highest BCUT2D eigenvalue weighted by molar-refractivity contribution is 5.27. The fourth-order valence-corrected chi connectivity index (χ4v) is 1.20. The quantitative estimate of drug-likeness (QED) is 0.510. The maximum absolute atomic E-state index is 2.19. The van der Waals surface area contributed by atoms with Gasteiger partial charge < -0.3 is 0 Å². The summed E-state index contributed by atoms with van der Waals surface area (Å²) in [6.45, 7) is 6.38. The van der Waals surface area contributed by atoms with Gasteiger partial charge in [0, 0.05) is 0 Å². The van der Waals surface area contributed by atoms with Crippen molar-refractivity contribution in [1.82, 2.24) is 0 Å². The van der Waals surface area contributed by atoms with Gasteiger partial charge in [-0.05, 0) is 28.2 Å². The molecule has 1 rings (SSSR count). The van der Waals surface area contributed by atoms with Gasteiger partial charge in [0.1, 0.15) is 0 Å². The third-order valence-corrected chi connectivity index (χ3v) is 1.37. The van der Waals surface area contributed by atoms with Crippen LogP contribution < -0.4 is 0 Å². The van der Waals surface area contributed by atoms with Gasteiger partial charge in [0.2, 0.25) is 0 Å². The molecule has 1 aromatic rings. The zero-order valence-corrected chi connectivity index (χ0v) is 6.81. The molecule has 53 valence electrons. The van der Waals surface area contributed by atoms with Crippen LogP contribution in [0.3, 0.4) is 0 Å². The van der Waals surface area contributed by atoms with Crippen LogP contribution in [0.5, 0.6) is 0 Å².